The van der Waals surface area contributed by atoms with E-state index in [0.29, 0.717) is 24.5 Å². The lowest BCUT2D eigenvalue weighted by Gasteiger charge is -2.19. The summed E-state index contributed by atoms with van der Waals surface area (Å²) in [6, 6.07) is 11.8. The number of ether oxygens (including phenoxy) is 1. The third-order valence-corrected chi connectivity index (χ3v) is 3.38. The molecule has 0 aliphatic carbocycles. The fraction of sp³-hybridized carbons (Fsp3) is 0.353. The number of nitrogens with zero attached hydrogens (tertiary/aromatic N) is 1. The number of benzene rings is 2. The van der Waals surface area contributed by atoms with Crippen LogP contribution in [-0.2, 0) is 0 Å². The molecule has 0 aromatic heterocycles. The van der Waals surface area contributed by atoms with Crippen molar-refractivity contribution >= 4 is 16.5 Å². The molecule has 0 aliphatic rings. The summed E-state index contributed by atoms with van der Waals surface area (Å²) in [5, 5.41) is 24.1. The molecule has 0 fully saturated rings. The maximum atomic E-state index is 9.79. The molecule has 0 heterocycles. The summed E-state index contributed by atoms with van der Waals surface area (Å²) in [6.45, 7) is 5.62. The zero-order chi connectivity index (χ0) is 15.5. The minimum absolute atomic E-state index is 0.392. The van der Waals surface area contributed by atoms with Crippen LogP contribution in [0.25, 0.3) is 10.8 Å². The summed E-state index contributed by atoms with van der Waals surface area (Å²) in [5.74, 6) is 0.688. The predicted octanol–water partition coefficient (Wildman–Crippen LogP) is 3.58. The van der Waals surface area contributed by atoms with E-state index in [9.17, 15) is 5.11 Å². The molecular weight excluding hydrogens is 266 g/mol. The van der Waals surface area contributed by atoms with Gasteiger partial charge in [0.05, 0.1) is 17.9 Å². The molecule has 2 aromatic rings. The first-order chi connectivity index (χ1) is 9.92. The van der Waals surface area contributed by atoms with Crippen LogP contribution in [0.15, 0.2) is 41.6 Å². The molecule has 112 valence electrons. The van der Waals surface area contributed by atoms with Crippen LogP contribution in [-0.4, -0.2) is 28.2 Å². The Morgan fingerprint density at radius 2 is 1.90 bits per heavy atom. The summed E-state index contributed by atoms with van der Waals surface area (Å²) in [6.07, 6.45) is 0.519. The van der Waals surface area contributed by atoms with Crippen molar-refractivity contribution in [3.05, 3.63) is 42.0 Å². The monoisotopic (exact) mass is 287 g/mol. The van der Waals surface area contributed by atoms with Crippen molar-refractivity contribution in [1.29, 1.82) is 0 Å². The van der Waals surface area contributed by atoms with E-state index >= 15 is 0 Å². The van der Waals surface area contributed by atoms with Crippen molar-refractivity contribution < 1.29 is 15.1 Å². The van der Waals surface area contributed by atoms with Crippen LogP contribution in [0, 0.1) is 0 Å². The van der Waals surface area contributed by atoms with Gasteiger partial charge >= 0.3 is 0 Å². The van der Waals surface area contributed by atoms with E-state index in [0.717, 1.165) is 16.3 Å². The average Bonchev–Trinajstić information content (AvgIpc) is 2.45. The highest BCUT2D eigenvalue weighted by Gasteiger charge is 2.15. The lowest BCUT2D eigenvalue weighted by molar-refractivity contribution is 0.0555. The molecule has 21 heavy (non-hydrogen) atoms. The Balaban J connectivity index is 2.41. The lowest BCUT2D eigenvalue weighted by Crippen LogP contribution is -2.22. The first kappa shape index (κ1) is 15.3. The fourth-order valence-corrected chi connectivity index (χ4v) is 2.14. The Morgan fingerprint density at radius 3 is 2.57 bits per heavy atom. The zero-order valence-electron chi connectivity index (χ0n) is 12.6. The van der Waals surface area contributed by atoms with Crippen LogP contribution in [0.2, 0.25) is 0 Å². The third-order valence-electron chi connectivity index (χ3n) is 3.38. The van der Waals surface area contributed by atoms with E-state index in [-0.39, 0.29) is 0 Å². The van der Waals surface area contributed by atoms with Gasteiger partial charge in [0.25, 0.3) is 0 Å². The predicted molar refractivity (Wildman–Crippen MR) is 84.4 cm³/mol. The number of hydrogen-bond acceptors (Lipinski definition) is 4. The maximum absolute atomic E-state index is 9.79. The van der Waals surface area contributed by atoms with Gasteiger partial charge in [-0.2, -0.15) is 0 Å². The maximum Gasteiger partial charge on any atom is 0.136 e. The highest BCUT2D eigenvalue weighted by molar-refractivity contribution is 6.06. The summed E-state index contributed by atoms with van der Waals surface area (Å²) in [5.41, 5.74) is 0.483. The average molecular weight is 287 g/mol. The van der Waals surface area contributed by atoms with Crippen LogP contribution in [0.4, 0.5) is 0 Å². The zero-order valence-corrected chi connectivity index (χ0v) is 12.6. The van der Waals surface area contributed by atoms with E-state index in [1.165, 1.54) is 0 Å². The highest BCUT2D eigenvalue weighted by atomic mass is 16.5. The van der Waals surface area contributed by atoms with Crippen molar-refractivity contribution in [2.24, 2.45) is 5.16 Å². The first-order valence-electron chi connectivity index (χ1n) is 6.98. The summed E-state index contributed by atoms with van der Waals surface area (Å²) >= 11 is 0. The molecule has 0 aliphatic heterocycles. The molecule has 0 atom stereocenters. The molecule has 2 N–H and O–H groups in total. The molecule has 0 amide bonds. The van der Waals surface area contributed by atoms with Crippen LogP contribution < -0.4 is 4.74 Å². The molecule has 4 nitrogen and oxygen atoms in total. The normalized spacial score (nSPS) is 12.7. The molecule has 2 aromatic carbocycles. The molecule has 0 radical (unpaired) electrons. The minimum atomic E-state index is -0.773. The molecule has 0 saturated heterocycles. The van der Waals surface area contributed by atoms with Crippen molar-refractivity contribution in [3.8, 4) is 5.75 Å². The van der Waals surface area contributed by atoms with Gasteiger partial charge < -0.3 is 15.1 Å². The van der Waals surface area contributed by atoms with Crippen molar-refractivity contribution in [1.82, 2.24) is 0 Å². The standard InChI is InChI=1S/C17H21NO3/c1-12(18-20)14-9-8-13-6-4-5-7-15(13)16(14)21-11-10-17(2,3)19/h4-9,19-20H,10-11H2,1-3H3. The van der Waals surface area contributed by atoms with E-state index in [1.54, 1.807) is 20.8 Å². The SMILES string of the molecule is CC(=NO)c1ccc2ccccc2c1OCCC(C)(C)O. The quantitative estimate of drug-likeness (QED) is 0.502. The Hall–Kier alpha value is -2.07. The molecule has 2 rings (SSSR count). The van der Waals surface area contributed by atoms with Gasteiger partial charge in [0.2, 0.25) is 0 Å². The Bertz CT molecular complexity index is 657. The van der Waals surface area contributed by atoms with Gasteiger partial charge in [-0.1, -0.05) is 35.5 Å². The summed E-state index contributed by atoms with van der Waals surface area (Å²) in [4.78, 5) is 0. The number of hydrogen-bond donors (Lipinski definition) is 2. The van der Waals surface area contributed by atoms with Gasteiger partial charge in [0.15, 0.2) is 0 Å². The van der Waals surface area contributed by atoms with Crippen LogP contribution >= 0.6 is 0 Å². The smallest absolute Gasteiger partial charge is 0.136 e. The van der Waals surface area contributed by atoms with E-state index in [2.05, 4.69) is 5.16 Å². The molecule has 0 spiro atoms. The van der Waals surface area contributed by atoms with Crippen LogP contribution in [0.3, 0.4) is 0 Å². The van der Waals surface area contributed by atoms with Gasteiger partial charge in [-0.25, -0.2) is 0 Å². The molecule has 0 bridgehead atoms. The number of oxime groups is 1. The van der Waals surface area contributed by atoms with Crippen molar-refractivity contribution in [2.75, 3.05) is 6.61 Å². The van der Waals surface area contributed by atoms with E-state index < -0.39 is 5.60 Å². The van der Waals surface area contributed by atoms with Crippen molar-refractivity contribution in [3.63, 3.8) is 0 Å². The topological polar surface area (TPSA) is 62.1 Å². The second-order valence-electron chi connectivity index (χ2n) is 5.76. The first-order valence-corrected chi connectivity index (χ1v) is 6.98. The number of rotatable bonds is 5. The van der Waals surface area contributed by atoms with Crippen molar-refractivity contribution in [2.45, 2.75) is 32.8 Å². The van der Waals surface area contributed by atoms with Gasteiger partial charge in [-0.05, 0) is 32.2 Å². The molecule has 4 heteroatoms. The molecule has 0 saturated carbocycles. The highest BCUT2D eigenvalue weighted by Crippen LogP contribution is 2.31. The van der Waals surface area contributed by atoms with E-state index in [1.807, 2.05) is 36.4 Å². The van der Waals surface area contributed by atoms with Crippen LogP contribution in [0.1, 0.15) is 32.8 Å². The second kappa shape index (κ2) is 6.14. The summed E-state index contributed by atoms with van der Waals surface area (Å²) < 4.78 is 5.90. The van der Waals surface area contributed by atoms with E-state index in [4.69, 9.17) is 9.94 Å². The second-order valence-corrected chi connectivity index (χ2v) is 5.76. The third kappa shape index (κ3) is 3.73. The lowest BCUT2D eigenvalue weighted by atomic mass is 10.0. The molecular formula is C17H21NO3. The van der Waals surface area contributed by atoms with Gasteiger partial charge in [0.1, 0.15) is 5.75 Å². The number of fused-ring (bicyclic) bond motifs is 1. The minimum Gasteiger partial charge on any atom is -0.492 e. The number of aliphatic hydroxyl groups is 1. The van der Waals surface area contributed by atoms with Crippen LogP contribution in [0.5, 0.6) is 5.75 Å². The Kier molecular flexibility index (Phi) is 4.48. The largest absolute Gasteiger partial charge is 0.492 e. The summed E-state index contributed by atoms with van der Waals surface area (Å²) in [7, 11) is 0. The Labute approximate surface area is 124 Å². The molecule has 0 unspecified atom stereocenters. The van der Waals surface area contributed by atoms with Gasteiger partial charge in [-0.3, -0.25) is 0 Å². The van der Waals surface area contributed by atoms with Gasteiger partial charge in [-0.15, -0.1) is 0 Å². The van der Waals surface area contributed by atoms with Gasteiger partial charge in [0, 0.05) is 17.4 Å². The Morgan fingerprint density at radius 1 is 1.19 bits per heavy atom. The fourth-order valence-electron chi connectivity index (χ4n) is 2.14.